The van der Waals surface area contributed by atoms with Crippen LogP contribution in [0.15, 0.2) is 29.8 Å². The van der Waals surface area contributed by atoms with E-state index in [0.717, 1.165) is 0 Å². The summed E-state index contributed by atoms with van der Waals surface area (Å²) in [6.07, 6.45) is 0. The fourth-order valence-electron chi connectivity index (χ4n) is 1.09. The van der Waals surface area contributed by atoms with Crippen LogP contribution in [-0.4, -0.2) is 6.54 Å². The molecule has 1 rings (SSSR count). The molecule has 0 amide bonds. The minimum absolute atomic E-state index is 0.318. The maximum atomic E-state index is 13.3. The Morgan fingerprint density at radius 1 is 1.60 bits per heavy atom. The van der Waals surface area contributed by atoms with Crippen LogP contribution < -0.4 is 5.32 Å². The molecule has 15 heavy (non-hydrogen) atoms. The standard InChI is InChI=1S/C11H10ClFN2/c1-8(12)6-15-7-10-3-2-9(5-14)4-11(10)13/h2-4,15H,1,6-7H2. The summed E-state index contributed by atoms with van der Waals surface area (Å²) < 4.78 is 13.3. The Morgan fingerprint density at radius 2 is 2.33 bits per heavy atom. The SMILES string of the molecule is C=C(Cl)CNCc1ccc(C#N)cc1F. The highest BCUT2D eigenvalue weighted by atomic mass is 35.5. The minimum atomic E-state index is -0.387. The van der Waals surface area contributed by atoms with Gasteiger partial charge in [-0.3, -0.25) is 0 Å². The Kier molecular flexibility index (Phi) is 4.29. The number of benzene rings is 1. The molecule has 0 aromatic heterocycles. The van der Waals surface area contributed by atoms with E-state index in [-0.39, 0.29) is 5.82 Å². The highest BCUT2D eigenvalue weighted by Crippen LogP contribution is 2.09. The van der Waals surface area contributed by atoms with Crippen molar-refractivity contribution >= 4 is 11.6 Å². The van der Waals surface area contributed by atoms with Crippen LogP contribution in [0.1, 0.15) is 11.1 Å². The van der Waals surface area contributed by atoms with Crippen molar-refractivity contribution < 1.29 is 4.39 Å². The molecule has 0 aliphatic rings. The van der Waals surface area contributed by atoms with E-state index in [2.05, 4.69) is 11.9 Å². The zero-order chi connectivity index (χ0) is 11.3. The van der Waals surface area contributed by atoms with Gasteiger partial charge in [0.05, 0.1) is 11.6 Å². The van der Waals surface area contributed by atoms with E-state index in [0.29, 0.717) is 29.2 Å². The van der Waals surface area contributed by atoms with Crippen molar-refractivity contribution in [3.63, 3.8) is 0 Å². The van der Waals surface area contributed by atoms with Gasteiger partial charge in [0.15, 0.2) is 0 Å². The Hall–Kier alpha value is -1.37. The van der Waals surface area contributed by atoms with E-state index in [1.807, 2.05) is 6.07 Å². The third kappa shape index (κ3) is 3.70. The second-order valence-corrected chi connectivity index (χ2v) is 3.57. The zero-order valence-electron chi connectivity index (χ0n) is 8.06. The van der Waals surface area contributed by atoms with Crippen LogP contribution in [0.3, 0.4) is 0 Å². The molecule has 1 N–H and O–H groups in total. The van der Waals surface area contributed by atoms with Crippen molar-refractivity contribution in [2.75, 3.05) is 6.54 Å². The van der Waals surface area contributed by atoms with E-state index >= 15 is 0 Å². The van der Waals surface area contributed by atoms with Gasteiger partial charge in [-0.2, -0.15) is 5.26 Å². The predicted octanol–water partition coefficient (Wildman–Crippen LogP) is 2.54. The van der Waals surface area contributed by atoms with Crippen LogP contribution in [0.4, 0.5) is 4.39 Å². The minimum Gasteiger partial charge on any atom is -0.308 e. The van der Waals surface area contributed by atoms with E-state index in [4.69, 9.17) is 16.9 Å². The van der Waals surface area contributed by atoms with Gasteiger partial charge in [-0.1, -0.05) is 24.2 Å². The van der Waals surface area contributed by atoms with Crippen LogP contribution in [0.5, 0.6) is 0 Å². The summed E-state index contributed by atoms with van der Waals surface area (Å²) in [5, 5.41) is 11.9. The number of nitrogens with zero attached hydrogens (tertiary/aromatic N) is 1. The van der Waals surface area contributed by atoms with Crippen molar-refractivity contribution in [2.45, 2.75) is 6.54 Å². The first-order chi connectivity index (χ1) is 7.13. The van der Waals surface area contributed by atoms with E-state index < -0.39 is 0 Å². The van der Waals surface area contributed by atoms with E-state index in [1.54, 1.807) is 12.1 Å². The summed E-state index contributed by atoms with van der Waals surface area (Å²) in [5.74, 6) is -0.387. The molecule has 0 fully saturated rings. The maximum Gasteiger partial charge on any atom is 0.129 e. The van der Waals surface area contributed by atoms with E-state index in [9.17, 15) is 4.39 Å². The first kappa shape index (κ1) is 11.7. The highest BCUT2D eigenvalue weighted by Gasteiger charge is 2.02. The molecule has 0 atom stereocenters. The topological polar surface area (TPSA) is 35.8 Å². The smallest absolute Gasteiger partial charge is 0.129 e. The van der Waals surface area contributed by atoms with Gasteiger partial charge in [0.25, 0.3) is 0 Å². The van der Waals surface area contributed by atoms with Crippen molar-refractivity contribution in [2.24, 2.45) is 0 Å². The Morgan fingerprint density at radius 3 is 2.87 bits per heavy atom. The Bertz CT molecular complexity index is 410. The van der Waals surface area contributed by atoms with Crippen molar-refractivity contribution in [3.05, 3.63) is 46.8 Å². The van der Waals surface area contributed by atoms with Gasteiger partial charge in [0.1, 0.15) is 5.82 Å². The first-order valence-electron chi connectivity index (χ1n) is 4.36. The fraction of sp³-hybridized carbons (Fsp3) is 0.182. The van der Waals surface area contributed by atoms with Crippen LogP contribution in [-0.2, 0) is 6.54 Å². The second kappa shape index (κ2) is 5.50. The fourth-order valence-corrected chi connectivity index (χ4v) is 1.19. The summed E-state index contributed by atoms with van der Waals surface area (Å²) in [6, 6.07) is 6.25. The molecule has 0 radical (unpaired) electrons. The summed E-state index contributed by atoms with van der Waals surface area (Å²) in [5.41, 5.74) is 0.824. The Labute approximate surface area is 93.0 Å². The molecule has 0 spiro atoms. The zero-order valence-corrected chi connectivity index (χ0v) is 8.81. The first-order valence-corrected chi connectivity index (χ1v) is 4.74. The molecule has 1 aromatic carbocycles. The summed E-state index contributed by atoms with van der Waals surface area (Å²) in [6.45, 7) is 4.30. The van der Waals surface area contributed by atoms with Crippen LogP contribution in [0.25, 0.3) is 0 Å². The number of hydrogen-bond acceptors (Lipinski definition) is 2. The summed E-state index contributed by atoms with van der Waals surface area (Å²) in [7, 11) is 0. The lowest BCUT2D eigenvalue weighted by atomic mass is 10.1. The maximum absolute atomic E-state index is 13.3. The molecule has 1 aromatic rings. The molecule has 78 valence electrons. The average molecular weight is 225 g/mol. The predicted molar refractivity (Wildman–Crippen MR) is 57.8 cm³/mol. The molecular formula is C11H10ClFN2. The van der Waals surface area contributed by atoms with Crippen LogP contribution in [0, 0.1) is 17.1 Å². The highest BCUT2D eigenvalue weighted by molar-refractivity contribution is 6.29. The molecule has 0 saturated heterocycles. The lowest BCUT2D eigenvalue weighted by molar-refractivity contribution is 0.596. The summed E-state index contributed by atoms with van der Waals surface area (Å²) in [4.78, 5) is 0. The number of nitriles is 1. The third-order valence-electron chi connectivity index (χ3n) is 1.81. The second-order valence-electron chi connectivity index (χ2n) is 3.04. The molecule has 0 unspecified atom stereocenters. The van der Waals surface area contributed by atoms with Gasteiger partial charge in [-0.05, 0) is 12.1 Å². The molecular weight excluding hydrogens is 215 g/mol. The van der Waals surface area contributed by atoms with Crippen LogP contribution in [0.2, 0.25) is 0 Å². The lowest BCUT2D eigenvalue weighted by Crippen LogP contribution is -2.15. The molecule has 0 heterocycles. The third-order valence-corrected chi connectivity index (χ3v) is 1.95. The molecule has 4 heteroatoms. The molecule has 0 aliphatic heterocycles. The van der Waals surface area contributed by atoms with Crippen molar-refractivity contribution in [1.82, 2.24) is 5.32 Å². The van der Waals surface area contributed by atoms with Gasteiger partial charge in [-0.25, -0.2) is 4.39 Å². The van der Waals surface area contributed by atoms with Gasteiger partial charge >= 0.3 is 0 Å². The van der Waals surface area contributed by atoms with Gasteiger partial charge in [0.2, 0.25) is 0 Å². The molecule has 0 aliphatic carbocycles. The monoisotopic (exact) mass is 224 g/mol. The van der Waals surface area contributed by atoms with Gasteiger partial charge in [0, 0.05) is 23.7 Å². The summed E-state index contributed by atoms with van der Waals surface area (Å²) >= 11 is 5.54. The number of halogens is 2. The number of nitrogens with one attached hydrogen (secondary N) is 1. The Balaban J connectivity index is 2.63. The van der Waals surface area contributed by atoms with E-state index in [1.165, 1.54) is 6.07 Å². The number of hydrogen-bond donors (Lipinski definition) is 1. The van der Waals surface area contributed by atoms with Gasteiger partial charge in [-0.15, -0.1) is 0 Å². The molecule has 0 saturated carbocycles. The lowest BCUT2D eigenvalue weighted by Gasteiger charge is -2.04. The quantitative estimate of drug-likeness (QED) is 0.853. The van der Waals surface area contributed by atoms with Crippen molar-refractivity contribution in [3.8, 4) is 6.07 Å². The normalized spacial score (nSPS) is 9.67. The molecule has 2 nitrogen and oxygen atoms in total. The average Bonchev–Trinajstić information content (AvgIpc) is 2.20. The van der Waals surface area contributed by atoms with Gasteiger partial charge < -0.3 is 5.32 Å². The van der Waals surface area contributed by atoms with Crippen LogP contribution >= 0.6 is 11.6 Å². The number of rotatable bonds is 4. The van der Waals surface area contributed by atoms with Crippen molar-refractivity contribution in [1.29, 1.82) is 5.26 Å². The largest absolute Gasteiger partial charge is 0.308 e. The molecule has 0 bridgehead atoms.